The van der Waals surface area contributed by atoms with Gasteiger partial charge in [-0.25, -0.2) is 4.39 Å². The van der Waals surface area contributed by atoms with Crippen molar-refractivity contribution in [2.24, 2.45) is 0 Å². The van der Waals surface area contributed by atoms with Gasteiger partial charge in [0.05, 0.1) is 19.2 Å². The molecule has 6 nitrogen and oxygen atoms in total. The highest BCUT2D eigenvalue weighted by Crippen LogP contribution is 2.15. The van der Waals surface area contributed by atoms with Crippen LogP contribution >= 0.6 is 0 Å². The quantitative estimate of drug-likeness (QED) is 0.803. The zero-order valence-corrected chi connectivity index (χ0v) is 12.3. The van der Waals surface area contributed by atoms with Crippen LogP contribution in [-0.2, 0) is 19.7 Å². The second-order valence-electron chi connectivity index (χ2n) is 4.22. The van der Waals surface area contributed by atoms with Crippen LogP contribution in [0.4, 0.5) is 10.1 Å². The van der Waals surface area contributed by atoms with Gasteiger partial charge in [-0.1, -0.05) is 6.07 Å². The van der Waals surface area contributed by atoms with Gasteiger partial charge < -0.3 is 4.74 Å². The molecule has 1 N–H and O–H groups in total. The minimum Gasteiger partial charge on any atom is -0.469 e. The summed E-state index contributed by atoms with van der Waals surface area (Å²) in [7, 11) is -1.30. The van der Waals surface area contributed by atoms with Crippen molar-refractivity contribution in [3.8, 4) is 0 Å². The van der Waals surface area contributed by atoms with Crippen LogP contribution in [0.5, 0.6) is 0 Å². The summed E-state index contributed by atoms with van der Waals surface area (Å²) in [6, 6.07) is 4.03. The molecule has 0 saturated carbocycles. The average Bonchev–Trinajstić information content (AvgIpc) is 2.39. The van der Waals surface area contributed by atoms with Gasteiger partial charge in [0.15, 0.2) is 0 Å². The van der Waals surface area contributed by atoms with Gasteiger partial charge in [0.1, 0.15) is 5.82 Å². The molecule has 0 aromatic heterocycles. The lowest BCUT2D eigenvalue weighted by molar-refractivity contribution is -0.140. The lowest BCUT2D eigenvalue weighted by Crippen LogP contribution is -2.34. The fourth-order valence-electron chi connectivity index (χ4n) is 1.35. The second kappa shape index (κ2) is 6.67. The molecule has 0 aliphatic rings. The highest BCUT2D eigenvalue weighted by Gasteiger charge is 2.19. The summed E-state index contributed by atoms with van der Waals surface area (Å²) in [4.78, 5) is 11.0. The number of rotatable bonds is 6. The number of benzene rings is 1. The Morgan fingerprint density at radius 3 is 2.65 bits per heavy atom. The molecule has 8 heteroatoms. The molecule has 0 amide bonds. The third kappa shape index (κ3) is 4.46. The highest BCUT2D eigenvalue weighted by atomic mass is 32.2. The highest BCUT2D eigenvalue weighted by molar-refractivity contribution is 7.90. The van der Waals surface area contributed by atoms with Gasteiger partial charge >= 0.3 is 16.2 Å². The fraction of sp³-hybridized carbons (Fsp3) is 0.417. The number of methoxy groups -OCH3 is 1. The van der Waals surface area contributed by atoms with Gasteiger partial charge in [0.2, 0.25) is 0 Å². The van der Waals surface area contributed by atoms with Crippen molar-refractivity contribution in [2.45, 2.75) is 13.3 Å². The molecule has 0 radical (unpaired) electrons. The molecule has 1 aromatic carbocycles. The number of esters is 1. The molecule has 0 aliphatic heterocycles. The molecular formula is C12H17FN2O4S. The Balaban J connectivity index is 2.73. The number of carbonyl (C=O) groups excluding carboxylic acids is 1. The number of ether oxygens (including phenoxy) is 1. The number of nitrogens with one attached hydrogen (secondary N) is 1. The minimum atomic E-state index is -3.84. The summed E-state index contributed by atoms with van der Waals surface area (Å²) < 4.78 is 44.8. The third-order valence-electron chi connectivity index (χ3n) is 2.69. The van der Waals surface area contributed by atoms with Crippen LogP contribution in [0.3, 0.4) is 0 Å². The molecular weight excluding hydrogens is 287 g/mol. The maximum absolute atomic E-state index is 13.3. The SMILES string of the molecule is COC(=O)CCN(C)S(=O)(=O)Nc1ccc(C)c(F)c1. The van der Waals surface area contributed by atoms with E-state index in [-0.39, 0.29) is 18.7 Å². The Hall–Kier alpha value is -1.67. The smallest absolute Gasteiger partial charge is 0.306 e. The Labute approximate surface area is 117 Å². The predicted octanol–water partition coefficient (Wildman–Crippen LogP) is 1.29. The van der Waals surface area contributed by atoms with Crippen molar-refractivity contribution >= 4 is 21.9 Å². The molecule has 1 aromatic rings. The first-order valence-electron chi connectivity index (χ1n) is 5.83. The first-order valence-corrected chi connectivity index (χ1v) is 7.27. The van der Waals surface area contributed by atoms with Crippen molar-refractivity contribution in [1.29, 1.82) is 0 Å². The van der Waals surface area contributed by atoms with E-state index >= 15 is 0 Å². The maximum atomic E-state index is 13.3. The van der Waals surface area contributed by atoms with Gasteiger partial charge in [0, 0.05) is 13.6 Å². The van der Waals surface area contributed by atoms with Gasteiger partial charge in [-0.05, 0) is 24.6 Å². The maximum Gasteiger partial charge on any atom is 0.306 e. The van der Waals surface area contributed by atoms with Crippen LogP contribution in [-0.4, -0.2) is 39.4 Å². The fourth-order valence-corrected chi connectivity index (χ4v) is 2.27. The van der Waals surface area contributed by atoms with Gasteiger partial charge in [-0.2, -0.15) is 12.7 Å². The molecule has 0 unspecified atom stereocenters. The van der Waals surface area contributed by atoms with Gasteiger partial charge in [0.25, 0.3) is 0 Å². The zero-order valence-electron chi connectivity index (χ0n) is 11.5. The number of carbonyl (C=O) groups is 1. The van der Waals surface area contributed by atoms with Crippen molar-refractivity contribution in [2.75, 3.05) is 25.4 Å². The van der Waals surface area contributed by atoms with Crippen molar-refractivity contribution in [3.05, 3.63) is 29.6 Å². The Bertz CT molecular complexity index is 589. The molecule has 0 bridgehead atoms. The van der Waals surface area contributed by atoms with E-state index < -0.39 is 22.0 Å². The number of aryl methyl sites for hydroxylation is 1. The lowest BCUT2D eigenvalue weighted by Gasteiger charge is -2.17. The van der Waals surface area contributed by atoms with E-state index in [0.29, 0.717) is 5.56 Å². The topological polar surface area (TPSA) is 75.7 Å². The Morgan fingerprint density at radius 2 is 2.10 bits per heavy atom. The molecule has 0 spiro atoms. The number of hydrogen-bond donors (Lipinski definition) is 1. The summed E-state index contributed by atoms with van der Waals surface area (Å²) in [6.07, 6.45) is -0.0594. The van der Waals surface area contributed by atoms with E-state index in [9.17, 15) is 17.6 Å². The second-order valence-corrected chi connectivity index (χ2v) is 6.00. The van der Waals surface area contributed by atoms with E-state index in [1.165, 1.54) is 26.3 Å². The molecule has 0 heterocycles. The van der Waals surface area contributed by atoms with Crippen molar-refractivity contribution in [3.63, 3.8) is 0 Å². The molecule has 0 saturated heterocycles. The summed E-state index contributed by atoms with van der Waals surface area (Å²) in [5.41, 5.74) is 0.546. The van der Waals surface area contributed by atoms with Crippen LogP contribution in [0.1, 0.15) is 12.0 Å². The molecule has 112 valence electrons. The van der Waals surface area contributed by atoms with E-state index in [1.54, 1.807) is 6.92 Å². The van der Waals surface area contributed by atoms with E-state index in [0.717, 1.165) is 10.4 Å². The zero-order chi connectivity index (χ0) is 15.3. The number of hydrogen-bond acceptors (Lipinski definition) is 4. The van der Waals surface area contributed by atoms with Crippen molar-refractivity contribution in [1.82, 2.24) is 4.31 Å². The molecule has 1 rings (SSSR count). The third-order valence-corrected chi connectivity index (χ3v) is 4.18. The van der Waals surface area contributed by atoms with Crippen LogP contribution in [0.25, 0.3) is 0 Å². The van der Waals surface area contributed by atoms with Gasteiger partial charge in [-0.3, -0.25) is 9.52 Å². The minimum absolute atomic E-state index is 0.0314. The largest absolute Gasteiger partial charge is 0.469 e. The average molecular weight is 304 g/mol. The number of nitrogens with zero attached hydrogens (tertiary/aromatic N) is 1. The standard InChI is InChI=1S/C12H17FN2O4S/c1-9-4-5-10(8-11(9)13)14-20(17,18)15(2)7-6-12(16)19-3/h4-5,8,14H,6-7H2,1-3H3. The van der Waals surface area contributed by atoms with E-state index in [2.05, 4.69) is 9.46 Å². The monoisotopic (exact) mass is 304 g/mol. The summed E-state index contributed by atoms with van der Waals surface area (Å²) in [6.45, 7) is 1.55. The number of halogens is 1. The van der Waals surface area contributed by atoms with E-state index in [1.807, 2.05) is 0 Å². The summed E-state index contributed by atoms with van der Waals surface area (Å²) >= 11 is 0. The summed E-state index contributed by atoms with van der Waals surface area (Å²) in [5, 5.41) is 0. The van der Waals surface area contributed by atoms with Crippen molar-refractivity contribution < 1.29 is 22.3 Å². The van der Waals surface area contributed by atoms with Crippen LogP contribution in [0.2, 0.25) is 0 Å². The first kappa shape index (κ1) is 16.4. The molecule has 0 aliphatic carbocycles. The molecule has 0 atom stereocenters. The Morgan fingerprint density at radius 1 is 1.45 bits per heavy atom. The lowest BCUT2D eigenvalue weighted by atomic mass is 10.2. The first-order chi connectivity index (χ1) is 9.26. The van der Waals surface area contributed by atoms with Crippen LogP contribution < -0.4 is 4.72 Å². The van der Waals surface area contributed by atoms with E-state index in [4.69, 9.17) is 0 Å². The Kier molecular flexibility index (Phi) is 5.46. The number of anilines is 1. The predicted molar refractivity (Wildman–Crippen MR) is 72.9 cm³/mol. The van der Waals surface area contributed by atoms with Gasteiger partial charge in [-0.15, -0.1) is 0 Å². The molecule has 0 fully saturated rings. The molecule has 20 heavy (non-hydrogen) atoms. The summed E-state index contributed by atoms with van der Waals surface area (Å²) in [5.74, 6) is -1.00. The normalized spacial score (nSPS) is 11.4. The van der Waals surface area contributed by atoms with Crippen LogP contribution in [0, 0.1) is 12.7 Å². The van der Waals surface area contributed by atoms with Crippen LogP contribution in [0.15, 0.2) is 18.2 Å².